The molecule has 22 heavy (non-hydrogen) atoms. The van der Waals surface area contributed by atoms with E-state index in [2.05, 4.69) is 18.3 Å². The van der Waals surface area contributed by atoms with Gasteiger partial charge in [-0.15, -0.1) is 11.8 Å². The third kappa shape index (κ3) is 3.28. The maximum absolute atomic E-state index is 12.6. The fraction of sp³-hybridized carbons (Fsp3) is 0.278. The maximum atomic E-state index is 12.6. The summed E-state index contributed by atoms with van der Waals surface area (Å²) in [4.78, 5) is 15.7. The molecule has 3 nitrogen and oxygen atoms in total. The van der Waals surface area contributed by atoms with E-state index in [1.54, 1.807) is 0 Å². The molecule has 114 valence electrons. The normalized spacial score (nSPS) is 17.0. The summed E-state index contributed by atoms with van der Waals surface area (Å²) in [5, 5.41) is 3.49. The van der Waals surface area contributed by atoms with Gasteiger partial charge < -0.3 is 5.32 Å². The number of carbonyl (C=O) groups is 1. The fourth-order valence-electron chi connectivity index (χ4n) is 2.57. The summed E-state index contributed by atoms with van der Waals surface area (Å²) in [6.45, 7) is 3.49. The number of hydrogen-bond acceptors (Lipinski definition) is 2. The molecule has 0 aromatic heterocycles. The van der Waals surface area contributed by atoms with E-state index < -0.39 is 0 Å². The lowest BCUT2D eigenvalue weighted by molar-refractivity contribution is 0.245. The summed E-state index contributed by atoms with van der Waals surface area (Å²) in [6.07, 6.45) is 1.06. The molecule has 0 fully saturated rings. The summed E-state index contributed by atoms with van der Waals surface area (Å²) < 4.78 is 0. The van der Waals surface area contributed by atoms with Gasteiger partial charge in [-0.05, 0) is 24.1 Å². The first kappa shape index (κ1) is 15.0. The summed E-state index contributed by atoms with van der Waals surface area (Å²) in [5.41, 5.74) is 2.13. The van der Waals surface area contributed by atoms with E-state index in [9.17, 15) is 4.79 Å². The zero-order valence-corrected chi connectivity index (χ0v) is 13.5. The van der Waals surface area contributed by atoms with Gasteiger partial charge in [-0.1, -0.05) is 49.4 Å². The Bertz CT molecular complexity index is 645. The van der Waals surface area contributed by atoms with Crippen molar-refractivity contribution < 1.29 is 4.79 Å². The van der Waals surface area contributed by atoms with Crippen LogP contribution < -0.4 is 10.2 Å². The first-order valence-corrected chi connectivity index (χ1v) is 8.51. The van der Waals surface area contributed by atoms with Crippen molar-refractivity contribution >= 4 is 23.5 Å². The average molecular weight is 312 g/mol. The standard InChI is InChI=1S/C18H20N2OS/c1-2-15-13-20(16-10-6-7-11-17(16)22-15)18(21)19-12-14-8-4-3-5-9-14/h3-11,15H,2,12-13H2,1H3,(H,19,21)/t15-/m0/s1. The molecule has 0 unspecified atom stereocenters. The number of thioether (sulfide) groups is 1. The summed E-state index contributed by atoms with van der Waals surface area (Å²) in [6, 6.07) is 18.1. The Hall–Kier alpha value is -1.94. The second-order valence-corrected chi connectivity index (χ2v) is 6.71. The number of nitrogens with zero attached hydrogens (tertiary/aromatic N) is 1. The van der Waals surface area contributed by atoms with Gasteiger partial charge in [0.2, 0.25) is 0 Å². The van der Waals surface area contributed by atoms with E-state index in [1.165, 1.54) is 4.90 Å². The highest BCUT2D eigenvalue weighted by molar-refractivity contribution is 8.00. The first-order valence-electron chi connectivity index (χ1n) is 7.63. The van der Waals surface area contributed by atoms with Crippen LogP contribution in [0, 0.1) is 0 Å². The van der Waals surface area contributed by atoms with Crippen LogP contribution in [0.3, 0.4) is 0 Å². The lowest BCUT2D eigenvalue weighted by atomic mass is 10.2. The Labute approximate surface area is 135 Å². The molecule has 0 radical (unpaired) electrons. The van der Waals surface area contributed by atoms with E-state index in [1.807, 2.05) is 65.2 Å². The van der Waals surface area contributed by atoms with Gasteiger partial charge in [0, 0.05) is 23.2 Å². The Balaban J connectivity index is 1.74. The van der Waals surface area contributed by atoms with Crippen molar-refractivity contribution in [1.29, 1.82) is 0 Å². The molecular formula is C18H20N2OS. The van der Waals surface area contributed by atoms with E-state index in [0.29, 0.717) is 11.8 Å². The van der Waals surface area contributed by atoms with Crippen LogP contribution in [0.1, 0.15) is 18.9 Å². The van der Waals surface area contributed by atoms with Gasteiger partial charge in [0.1, 0.15) is 0 Å². The van der Waals surface area contributed by atoms with E-state index in [-0.39, 0.29) is 6.03 Å². The molecule has 1 heterocycles. The van der Waals surface area contributed by atoms with Gasteiger partial charge in [0.25, 0.3) is 0 Å². The maximum Gasteiger partial charge on any atom is 0.322 e. The van der Waals surface area contributed by atoms with Crippen molar-refractivity contribution in [3.05, 3.63) is 60.2 Å². The Morgan fingerprint density at radius 1 is 1.18 bits per heavy atom. The van der Waals surface area contributed by atoms with Crippen molar-refractivity contribution in [2.45, 2.75) is 30.0 Å². The molecule has 0 saturated carbocycles. The number of amides is 2. The molecule has 1 atom stereocenters. The van der Waals surface area contributed by atoms with E-state index in [4.69, 9.17) is 0 Å². The topological polar surface area (TPSA) is 32.3 Å². The Morgan fingerprint density at radius 3 is 2.68 bits per heavy atom. The van der Waals surface area contributed by atoms with Crippen LogP contribution in [-0.2, 0) is 6.54 Å². The highest BCUT2D eigenvalue weighted by Crippen LogP contribution is 2.39. The Morgan fingerprint density at radius 2 is 1.91 bits per heavy atom. The number of para-hydroxylation sites is 1. The molecule has 0 saturated heterocycles. The molecule has 0 aliphatic carbocycles. The van der Waals surface area contributed by atoms with Gasteiger partial charge in [0.05, 0.1) is 5.69 Å². The molecule has 2 amide bonds. The zero-order valence-electron chi connectivity index (χ0n) is 12.7. The second kappa shape index (κ2) is 6.88. The van der Waals surface area contributed by atoms with Crippen molar-refractivity contribution in [3.8, 4) is 0 Å². The number of fused-ring (bicyclic) bond motifs is 1. The smallest absolute Gasteiger partial charge is 0.322 e. The summed E-state index contributed by atoms with van der Waals surface area (Å²) in [5.74, 6) is 0. The van der Waals surface area contributed by atoms with Crippen molar-refractivity contribution in [2.75, 3.05) is 11.4 Å². The molecule has 1 N–H and O–H groups in total. The van der Waals surface area contributed by atoms with Crippen LogP contribution in [0.5, 0.6) is 0 Å². The van der Waals surface area contributed by atoms with Crippen molar-refractivity contribution in [1.82, 2.24) is 5.32 Å². The van der Waals surface area contributed by atoms with Gasteiger partial charge in [0.15, 0.2) is 0 Å². The number of nitrogens with one attached hydrogen (secondary N) is 1. The molecule has 2 aromatic carbocycles. The molecular weight excluding hydrogens is 292 g/mol. The van der Waals surface area contributed by atoms with Gasteiger partial charge in [-0.3, -0.25) is 4.90 Å². The predicted octanol–water partition coefficient (Wildman–Crippen LogP) is 4.29. The van der Waals surface area contributed by atoms with Crippen LogP contribution in [0.4, 0.5) is 10.5 Å². The fourth-order valence-corrected chi connectivity index (χ4v) is 3.78. The lowest BCUT2D eigenvalue weighted by Crippen LogP contribution is -2.45. The highest BCUT2D eigenvalue weighted by atomic mass is 32.2. The molecule has 4 heteroatoms. The minimum absolute atomic E-state index is 0.0185. The van der Waals surface area contributed by atoms with Gasteiger partial charge in [-0.25, -0.2) is 4.79 Å². The Kier molecular flexibility index (Phi) is 4.68. The zero-order chi connectivity index (χ0) is 15.4. The molecule has 3 rings (SSSR count). The van der Waals surface area contributed by atoms with Gasteiger partial charge >= 0.3 is 6.03 Å². The third-order valence-electron chi connectivity index (χ3n) is 3.82. The monoisotopic (exact) mass is 312 g/mol. The van der Waals surface area contributed by atoms with Crippen LogP contribution in [0.15, 0.2) is 59.5 Å². The quantitative estimate of drug-likeness (QED) is 0.917. The van der Waals surface area contributed by atoms with Crippen molar-refractivity contribution in [3.63, 3.8) is 0 Å². The minimum atomic E-state index is -0.0185. The summed E-state index contributed by atoms with van der Waals surface area (Å²) >= 11 is 1.87. The number of carbonyl (C=O) groups excluding carboxylic acids is 1. The second-order valence-electron chi connectivity index (χ2n) is 5.37. The van der Waals surface area contributed by atoms with Crippen LogP contribution >= 0.6 is 11.8 Å². The van der Waals surface area contributed by atoms with E-state index in [0.717, 1.165) is 24.2 Å². The molecule has 1 aliphatic rings. The number of anilines is 1. The number of hydrogen-bond donors (Lipinski definition) is 1. The molecule has 1 aliphatic heterocycles. The minimum Gasteiger partial charge on any atom is -0.334 e. The summed E-state index contributed by atoms with van der Waals surface area (Å²) in [7, 11) is 0. The SMILES string of the molecule is CC[C@H]1CN(C(=O)NCc2ccccc2)c2ccccc2S1. The van der Waals surface area contributed by atoms with Gasteiger partial charge in [-0.2, -0.15) is 0 Å². The predicted molar refractivity (Wildman–Crippen MR) is 92.4 cm³/mol. The number of benzene rings is 2. The molecule has 0 spiro atoms. The third-order valence-corrected chi connectivity index (χ3v) is 5.24. The number of urea groups is 1. The van der Waals surface area contributed by atoms with Crippen LogP contribution in [0.2, 0.25) is 0 Å². The van der Waals surface area contributed by atoms with E-state index >= 15 is 0 Å². The largest absolute Gasteiger partial charge is 0.334 e. The van der Waals surface area contributed by atoms with Crippen LogP contribution in [0.25, 0.3) is 0 Å². The molecule has 0 bridgehead atoms. The van der Waals surface area contributed by atoms with Crippen LogP contribution in [-0.4, -0.2) is 17.8 Å². The number of rotatable bonds is 3. The first-order chi connectivity index (χ1) is 10.8. The van der Waals surface area contributed by atoms with Crippen molar-refractivity contribution in [2.24, 2.45) is 0 Å². The average Bonchev–Trinajstić information content (AvgIpc) is 2.59. The molecule has 2 aromatic rings. The highest BCUT2D eigenvalue weighted by Gasteiger charge is 2.27. The lowest BCUT2D eigenvalue weighted by Gasteiger charge is -2.33.